The molecular formula is C19H33N3O4. The Balaban J connectivity index is 1.77. The minimum Gasteiger partial charge on any atom is -0.450 e. The first-order valence-electron chi connectivity index (χ1n) is 9.99. The van der Waals surface area contributed by atoms with Gasteiger partial charge in [0.2, 0.25) is 11.8 Å². The van der Waals surface area contributed by atoms with Crippen molar-refractivity contribution in [3.8, 4) is 0 Å². The second kappa shape index (κ2) is 10.4. The maximum absolute atomic E-state index is 12.2. The molecular weight excluding hydrogens is 334 g/mol. The van der Waals surface area contributed by atoms with Gasteiger partial charge in [0.1, 0.15) is 0 Å². The molecule has 148 valence electrons. The summed E-state index contributed by atoms with van der Waals surface area (Å²) in [4.78, 5) is 39.5. The molecule has 26 heavy (non-hydrogen) atoms. The molecule has 2 fully saturated rings. The van der Waals surface area contributed by atoms with E-state index in [2.05, 4.69) is 5.32 Å². The standard InChI is InChI=1S/C19H33N3O4/c1-3-26-19(25)21-12-9-17(10-13-21)22(15(2)23)14-11-18(24)20-16-7-5-4-6-8-16/h16-17H,3-14H2,1-2H3,(H,20,24). The number of hydrogen-bond donors (Lipinski definition) is 1. The number of rotatable bonds is 6. The van der Waals surface area contributed by atoms with Gasteiger partial charge in [-0.15, -0.1) is 0 Å². The maximum Gasteiger partial charge on any atom is 0.409 e. The van der Waals surface area contributed by atoms with Crippen LogP contribution in [-0.4, -0.2) is 66.0 Å². The molecule has 0 aromatic rings. The van der Waals surface area contributed by atoms with Crippen LogP contribution in [0.5, 0.6) is 0 Å². The molecule has 1 saturated carbocycles. The Morgan fingerprint density at radius 2 is 1.73 bits per heavy atom. The van der Waals surface area contributed by atoms with Gasteiger partial charge in [-0.1, -0.05) is 19.3 Å². The molecule has 1 aliphatic heterocycles. The van der Waals surface area contributed by atoms with E-state index in [9.17, 15) is 14.4 Å². The van der Waals surface area contributed by atoms with Crippen LogP contribution in [0.4, 0.5) is 4.79 Å². The van der Waals surface area contributed by atoms with E-state index in [1.54, 1.807) is 23.6 Å². The molecule has 2 rings (SSSR count). The maximum atomic E-state index is 12.2. The van der Waals surface area contributed by atoms with E-state index in [0.29, 0.717) is 38.7 Å². The first-order chi connectivity index (χ1) is 12.5. The fourth-order valence-electron chi connectivity index (χ4n) is 3.94. The van der Waals surface area contributed by atoms with Crippen LogP contribution in [0.2, 0.25) is 0 Å². The zero-order valence-corrected chi connectivity index (χ0v) is 16.2. The summed E-state index contributed by atoms with van der Waals surface area (Å²) < 4.78 is 5.03. The van der Waals surface area contributed by atoms with Gasteiger partial charge in [-0.2, -0.15) is 0 Å². The SMILES string of the molecule is CCOC(=O)N1CCC(N(CCC(=O)NC2CCCCC2)C(C)=O)CC1. The summed E-state index contributed by atoms with van der Waals surface area (Å²) in [6, 6.07) is 0.385. The van der Waals surface area contributed by atoms with Crippen molar-refractivity contribution in [2.24, 2.45) is 0 Å². The van der Waals surface area contributed by atoms with Crippen LogP contribution in [0.25, 0.3) is 0 Å². The average Bonchev–Trinajstić information content (AvgIpc) is 2.63. The third-order valence-corrected chi connectivity index (χ3v) is 5.39. The highest BCUT2D eigenvalue weighted by molar-refractivity contribution is 5.78. The van der Waals surface area contributed by atoms with E-state index < -0.39 is 0 Å². The predicted octanol–water partition coefficient (Wildman–Crippen LogP) is 2.29. The highest BCUT2D eigenvalue weighted by Crippen LogP contribution is 2.19. The zero-order valence-electron chi connectivity index (χ0n) is 16.2. The quantitative estimate of drug-likeness (QED) is 0.781. The molecule has 0 aromatic heterocycles. The minimum atomic E-state index is -0.285. The van der Waals surface area contributed by atoms with Crippen molar-refractivity contribution in [2.75, 3.05) is 26.2 Å². The second-order valence-electron chi connectivity index (χ2n) is 7.28. The second-order valence-corrected chi connectivity index (χ2v) is 7.28. The summed E-state index contributed by atoms with van der Waals surface area (Å²) >= 11 is 0. The van der Waals surface area contributed by atoms with E-state index in [0.717, 1.165) is 25.7 Å². The normalized spacial score (nSPS) is 19.1. The number of carbonyl (C=O) groups is 3. The zero-order chi connectivity index (χ0) is 18.9. The molecule has 1 aliphatic carbocycles. The van der Waals surface area contributed by atoms with Crippen molar-refractivity contribution in [1.29, 1.82) is 0 Å². The van der Waals surface area contributed by atoms with Crippen molar-refractivity contribution in [2.45, 2.75) is 77.3 Å². The summed E-state index contributed by atoms with van der Waals surface area (Å²) in [6.07, 6.45) is 7.26. The van der Waals surface area contributed by atoms with Gasteiger partial charge in [0.15, 0.2) is 0 Å². The Bertz CT molecular complexity index is 483. The van der Waals surface area contributed by atoms with E-state index in [1.807, 2.05) is 0 Å². The van der Waals surface area contributed by atoms with Crippen LogP contribution in [0.3, 0.4) is 0 Å². The van der Waals surface area contributed by atoms with E-state index in [-0.39, 0.29) is 23.9 Å². The Hall–Kier alpha value is -1.79. The topological polar surface area (TPSA) is 79.0 Å². The highest BCUT2D eigenvalue weighted by Gasteiger charge is 2.29. The number of nitrogens with zero attached hydrogens (tertiary/aromatic N) is 2. The van der Waals surface area contributed by atoms with Gasteiger partial charge >= 0.3 is 6.09 Å². The number of ether oxygens (including phenoxy) is 1. The molecule has 3 amide bonds. The third-order valence-electron chi connectivity index (χ3n) is 5.39. The molecule has 0 unspecified atom stereocenters. The molecule has 1 saturated heterocycles. The van der Waals surface area contributed by atoms with E-state index in [4.69, 9.17) is 4.74 Å². The first-order valence-corrected chi connectivity index (χ1v) is 9.99. The van der Waals surface area contributed by atoms with Crippen LogP contribution < -0.4 is 5.32 Å². The number of hydrogen-bond acceptors (Lipinski definition) is 4. The van der Waals surface area contributed by atoms with Crippen molar-refractivity contribution >= 4 is 17.9 Å². The molecule has 0 radical (unpaired) electrons. The molecule has 1 heterocycles. The minimum absolute atomic E-state index is 0.00921. The molecule has 7 nitrogen and oxygen atoms in total. The summed E-state index contributed by atoms with van der Waals surface area (Å²) in [5, 5.41) is 3.11. The number of piperidine rings is 1. The highest BCUT2D eigenvalue weighted by atomic mass is 16.6. The Morgan fingerprint density at radius 1 is 1.08 bits per heavy atom. The summed E-state index contributed by atoms with van der Waals surface area (Å²) in [6.45, 7) is 5.33. The predicted molar refractivity (Wildman–Crippen MR) is 98.6 cm³/mol. The Kier molecular flexibility index (Phi) is 8.19. The molecule has 0 atom stereocenters. The van der Waals surface area contributed by atoms with Gasteiger partial charge in [0.05, 0.1) is 6.61 Å². The van der Waals surface area contributed by atoms with Crippen molar-refractivity contribution in [1.82, 2.24) is 15.1 Å². The van der Waals surface area contributed by atoms with Gasteiger partial charge in [0.25, 0.3) is 0 Å². The molecule has 2 aliphatic rings. The van der Waals surface area contributed by atoms with Crippen LogP contribution in [0.15, 0.2) is 0 Å². The van der Waals surface area contributed by atoms with E-state index >= 15 is 0 Å². The van der Waals surface area contributed by atoms with Gasteiger partial charge in [-0.25, -0.2) is 4.79 Å². The first kappa shape index (κ1) is 20.5. The number of nitrogens with one attached hydrogen (secondary N) is 1. The average molecular weight is 367 g/mol. The smallest absolute Gasteiger partial charge is 0.409 e. The lowest BCUT2D eigenvalue weighted by Crippen LogP contribution is -2.49. The molecule has 7 heteroatoms. The van der Waals surface area contributed by atoms with Gasteiger partial charge in [-0.05, 0) is 32.6 Å². The Morgan fingerprint density at radius 3 is 2.31 bits per heavy atom. The number of carbonyl (C=O) groups excluding carboxylic acids is 3. The van der Waals surface area contributed by atoms with Crippen molar-refractivity contribution in [3.05, 3.63) is 0 Å². The lowest BCUT2D eigenvalue weighted by atomic mass is 9.95. The van der Waals surface area contributed by atoms with Crippen LogP contribution in [-0.2, 0) is 14.3 Å². The van der Waals surface area contributed by atoms with Crippen molar-refractivity contribution < 1.29 is 19.1 Å². The summed E-state index contributed by atoms with van der Waals surface area (Å²) in [5.41, 5.74) is 0. The Labute approximate surface area is 156 Å². The lowest BCUT2D eigenvalue weighted by molar-refractivity contribution is -0.132. The van der Waals surface area contributed by atoms with E-state index in [1.165, 1.54) is 19.3 Å². The van der Waals surface area contributed by atoms with Gasteiger partial charge in [-0.3, -0.25) is 9.59 Å². The van der Waals surface area contributed by atoms with Crippen molar-refractivity contribution in [3.63, 3.8) is 0 Å². The fourth-order valence-corrected chi connectivity index (χ4v) is 3.94. The van der Waals surface area contributed by atoms with Crippen LogP contribution in [0.1, 0.15) is 65.2 Å². The van der Waals surface area contributed by atoms with Gasteiger partial charge in [0, 0.05) is 45.1 Å². The molecule has 1 N–H and O–H groups in total. The van der Waals surface area contributed by atoms with Crippen LogP contribution in [0, 0.1) is 0 Å². The summed E-state index contributed by atoms with van der Waals surface area (Å²) in [5.74, 6) is 0.0251. The third kappa shape index (κ3) is 6.18. The molecule has 0 bridgehead atoms. The number of likely N-dealkylation sites (tertiary alicyclic amines) is 1. The monoisotopic (exact) mass is 367 g/mol. The molecule has 0 spiro atoms. The largest absolute Gasteiger partial charge is 0.450 e. The number of amides is 3. The summed E-state index contributed by atoms with van der Waals surface area (Å²) in [7, 11) is 0. The lowest BCUT2D eigenvalue weighted by Gasteiger charge is -2.37. The van der Waals surface area contributed by atoms with Crippen LogP contribution >= 0.6 is 0 Å². The fraction of sp³-hybridized carbons (Fsp3) is 0.842. The molecule has 0 aromatic carbocycles. The van der Waals surface area contributed by atoms with Gasteiger partial charge < -0.3 is 19.9 Å².